The van der Waals surface area contributed by atoms with Gasteiger partial charge in [-0.3, -0.25) is 4.79 Å². The number of ether oxygens (including phenoxy) is 1. The van der Waals surface area contributed by atoms with Gasteiger partial charge in [0.1, 0.15) is 5.75 Å². The average Bonchev–Trinajstić information content (AvgIpc) is 3.78. The molecule has 1 fully saturated rings. The second kappa shape index (κ2) is 16.8. The molecular formula is C45H54N2O5S. The van der Waals surface area contributed by atoms with Crippen LogP contribution in [0, 0.1) is 5.41 Å². The molecule has 2 bridgehead atoms. The molecule has 0 unspecified atom stereocenters. The minimum absolute atomic E-state index is 0.0912. The van der Waals surface area contributed by atoms with Gasteiger partial charge in [-0.05, 0) is 130 Å². The molecule has 1 saturated carbocycles. The number of methoxy groups -OCH3 is 1. The van der Waals surface area contributed by atoms with Gasteiger partial charge in [-0.25, -0.2) is 4.79 Å². The Balaban J connectivity index is 1.38. The Labute approximate surface area is 318 Å². The number of aliphatic hydroxyl groups is 2. The highest BCUT2D eigenvalue weighted by Gasteiger charge is 2.57. The standard InChI is InChI=1S/C45H54N2O5S/c1-31-10-8-24-44(3)41(39-21-15-33(28-36(48)18-14-31)29-40(39)42(49)35-16-19-37(52-4)20-17-35)22-25-45(44,51)30-47(26-23-38-13-9-27-53-38)43(50)46-32(2)34-11-6-5-7-12-34/h5-7,9-13,15-17,19-21,27,29,32,36,41,48,51H,8,14,18,22-26,28,30H2,1-4H3,(H,46,50)/t32-,36+,41+,44+,45-/m1/s1. The normalized spacial score (nSPS) is 23.7. The highest BCUT2D eigenvalue weighted by atomic mass is 32.1. The summed E-state index contributed by atoms with van der Waals surface area (Å²) < 4.78 is 5.36. The first-order valence-electron chi connectivity index (χ1n) is 19.0. The Hall–Kier alpha value is -4.24. The van der Waals surface area contributed by atoms with Crippen LogP contribution in [0.25, 0.3) is 0 Å². The van der Waals surface area contributed by atoms with Crippen LogP contribution < -0.4 is 10.1 Å². The zero-order valence-electron chi connectivity index (χ0n) is 31.5. The monoisotopic (exact) mass is 734 g/mol. The molecule has 0 saturated heterocycles. The van der Waals surface area contributed by atoms with E-state index >= 15 is 0 Å². The van der Waals surface area contributed by atoms with Crippen LogP contribution in [0.5, 0.6) is 5.75 Å². The fraction of sp³-hybridized carbons (Fsp3) is 0.422. The number of hydrogen-bond donors (Lipinski definition) is 3. The van der Waals surface area contributed by atoms with Crippen LogP contribution in [-0.4, -0.2) is 58.8 Å². The largest absolute Gasteiger partial charge is 0.497 e. The minimum atomic E-state index is -1.23. The van der Waals surface area contributed by atoms with Crippen molar-refractivity contribution in [3.05, 3.63) is 135 Å². The van der Waals surface area contributed by atoms with Crippen molar-refractivity contribution in [2.24, 2.45) is 5.41 Å². The first-order valence-corrected chi connectivity index (χ1v) is 19.9. The molecule has 7 nitrogen and oxygen atoms in total. The summed E-state index contributed by atoms with van der Waals surface area (Å²) in [7, 11) is 1.61. The molecule has 53 heavy (non-hydrogen) atoms. The van der Waals surface area contributed by atoms with E-state index in [0.717, 1.165) is 29.5 Å². The summed E-state index contributed by atoms with van der Waals surface area (Å²) in [5, 5.41) is 29.3. The predicted octanol–water partition coefficient (Wildman–Crippen LogP) is 9.04. The highest BCUT2D eigenvalue weighted by molar-refractivity contribution is 7.09. The maximum Gasteiger partial charge on any atom is 0.317 e. The van der Waals surface area contributed by atoms with E-state index in [1.165, 1.54) is 10.5 Å². The molecule has 3 N–H and O–H groups in total. The van der Waals surface area contributed by atoms with Crippen molar-refractivity contribution in [1.29, 1.82) is 0 Å². The third kappa shape index (κ3) is 8.77. The lowest BCUT2D eigenvalue weighted by Gasteiger charge is -2.46. The molecule has 1 aromatic heterocycles. The lowest BCUT2D eigenvalue weighted by molar-refractivity contribution is -0.0769. The minimum Gasteiger partial charge on any atom is -0.497 e. The van der Waals surface area contributed by atoms with E-state index in [1.807, 2.05) is 60.4 Å². The fourth-order valence-electron chi connectivity index (χ4n) is 8.46. The molecule has 280 valence electrons. The molecule has 0 aliphatic heterocycles. The van der Waals surface area contributed by atoms with Crippen LogP contribution in [-0.2, 0) is 12.8 Å². The van der Waals surface area contributed by atoms with E-state index in [2.05, 4.69) is 42.8 Å². The number of urea groups is 1. The van der Waals surface area contributed by atoms with Gasteiger partial charge in [-0.1, -0.05) is 67.1 Å². The van der Waals surface area contributed by atoms with Gasteiger partial charge in [-0.2, -0.15) is 0 Å². The SMILES string of the molecule is COc1ccc(C(=O)c2cc3ccc2[C@@H]2CC[C@@](O)(CN(CCc4cccs4)C(=O)N[C@H](C)c4ccccc4)[C@@]2(C)CCC=C(C)CC[C@H](O)C3)cc1. The fourth-order valence-corrected chi connectivity index (χ4v) is 9.16. The molecule has 1 heterocycles. The van der Waals surface area contributed by atoms with Crippen LogP contribution in [0.15, 0.2) is 102 Å². The number of allylic oxidation sites excluding steroid dienone is 2. The average molecular weight is 735 g/mol. The number of nitrogens with zero attached hydrogens (tertiary/aromatic N) is 1. The van der Waals surface area contributed by atoms with Crippen LogP contribution in [0.4, 0.5) is 4.79 Å². The summed E-state index contributed by atoms with van der Waals surface area (Å²) in [6, 6.07) is 26.9. The van der Waals surface area contributed by atoms with Crippen LogP contribution in [0.2, 0.25) is 0 Å². The molecule has 0 spiro atoms. The maximum absolute atomic E-state index is 14.4. The smallest absolute Gasteiger partial charge is 0.317 e. The molecule has 3 aromatic carbocycles. The maximum atomic E-state index is 14.4. The summed E-state index contributed by atoms with van der Waals surface area (Å²) in [6.07, 6.45) is 6.85. The number of thiophene rings is 1. The molecule has 3 aliphatic carbocycles. The number of rotatable bonds is 10. The Kier molecular flexibility index (Phi) is 12.2. The number of ketones is 1. The van der Waals surface area contributed by atoms with E-state index in [0.29, 0.717) is 61.9 Å². The zero-order chi connectivity index (χ0) is 37.6. The van der Waals surface area contributed by atoms with Crippen molar-refractivity contribution in [3.8, 4) is 5.75 Å². The van der Waals surface area contributed by atoms with Gasteiger partial charge in [0.25, 0.3) is 0 Å². The Bertz CT molecular complexity index is 1870. The van der Waals surface area contributed by atoms with Crippen molar-refractivity contribution in [2.45, 2.75) is 95.8 Å². The number of carbonyl (C=O) groups excluding carboxylic acids is 2. The van der Waals surface area contributed by atoms with Gasteiger partial charge >= 0.3 is 6.03 Å². The second-order valence-corrected chi connectivity index (χ2v) is 16.4. The Morgan fingerprint density at radius 1 is 1.02 bits per heavy atom. The summed E-state index contributed by atoms with van der Waals surface area (Å²) in [4.78, 5) is 31.6. The predicted molar refractivity (Wildman–Crippen MR) is 213 cm³/mol. The highest BCUT2D eigenvalue weighted by Crippen LogP contribution is 2.59. The molecule has 2 amide bonds. The van der Waals surface area contributed by atoms with E-state index < -0.39 is 17.1 Å². The van der Waals surface area contributed by atoms with Crippen LogP contribution in [0.3, 0.4) is 0 Å². The van der Waals surface area contributed by atoms with E-state index in [9.17, 15) is 19.8 Å². The first-order chi connectivity index (χ1) is 25.5. The van der Waals surface area contributed by atoms with Crippen molar-refractivity contribution >= 4 is 23.2 Å². The van der Waals surface area contributed by atoms with Crippen molar-refractivity contribution in [1.82, 2.24) is 10.2 Å². The van der Waals surface area contributed by atoms with Gasteiger partial charge in [0, 0.05) is 28.0 Å². The second-order valence-electron chi connectivity index (χ2n) is 15.3. The lowest BCUT2D eigenvalue weighted by atomic mass is 9.64. The topological polar surface area (TPSA) is 99.1 Å². The Morgan fingerprint density at radius 3 is 2.51 bits per heavy atom. The summed E-state index contributed by atoms with van der Waals surface area (Å²) in [6.45, 7) is 6.91. The first kappa shape index (κ1) is 38.5. The van der Waals surface area contributed by atoms with Gasteiger partial charge in [0.15, 0.2) is 5.78 Å². The number of benzene rings is 3. The van der Waals surface area contributed by atoms with Crippen molar-refractivity contribution < 1.29 is 24.5 Å². The number of hydrogen-bond acceptors (Lipinski definition) is 6. The van der Waals surface area contributed by atoms with Gasteiger partial charge in [-0.15, -0.1) is 11.3 Å². The number of fused-ring (bicyclic) bond motifs is 8. The molecule has 7 rings (SSSR count). The van der Waals surface area contributed by atoms with Crippen LogP contribution in [0.1, 0.15) is 109 Å². The number of carbonyl (C=O) groups is 2. The molecular weight excluding hydrogens is 681 g/mol. The van der Waals surface area contributed by atoms with E-state index in [1.54, 1.807) is 42.7 Å². The van der Waals surface area contributed by atoms with E-state index in [4.69, 9.17) is 4.74 Å². The summed E-state index contributed by atoms with van der Waals surface area (Å²) >= 11 is 1.67. The molecule has 8 heteroatoms. The summed E-state index contributed by atoms with van der Waals surface area (Å²) in [5.74, 6) is 0.438. The quantitative estimate of drug-likeness (QED) is 0.112. The van der Waals surface area contributed by atoms with Gasteiger partial charge < -0.3 is 25.2 Å². The van der Waals surface area contributed by atoms with Gasteiger partial charge in [0.05, 0.1) is 31.4 Å². The van der Waals surface area contributed by atoms with Crippen molar-refractivity contribution in [2.75, 3.05) is 20.2 Å². The third-order valence-electron chi connectivity index (χ3n) is 11.9. The zero-order valence-corrected chi connectivity index (χ0v) is 32.3. The molecule has 0 radical (unpaired) electrons. The van der Waals surface area contributed by atoms with Crippen LogP contribution >= 0.6 is 11.3 Å². The lowest BCUT2D eigenvalue weighted by Crippen LogP contribution is -2.56. The van der Waals surface area contributed by atoms with Gasteiger partial charge in [0.2, 0.25) is 0 Å². The number of nitrogens with one attached hydrogen (secondary N) is 1. The number of aliphatic hydroxyl groups excluding tert-OH is 1. The van der Waals surface area contributed by atoms with E-state index in [-0.39, 0.29) is 30.3 Å². The summed E-state index contributed by atoms with van der Waals surface area (Å²) in [5.41, 5.74) is 3.33. The number of amides is 2. The third-order valence-corrected chi connectivity index (χ3v) is 12.8. The molecule has 4 aromatic rings. The van der Waals surface area contributed by atoms with Crippen molar-refractivity contribution in [3.63, 3.8) is 0 Å². The molecule has 5 atom stereocenters. The Morgan fingerprint density at radius 2 is 1.79 bits per heavy atom. The molecule has 3 aliphatic rings.